The smallest absolute Gasteiger partial charge is 0.240 e. The van der Waals surface area contributed by atoms with E-state index >= 15 is 0 Å². The summed E-state index contributed by atoms with van der Waals surface area (Å²) < 4.78 is 33.8. The Balaban J connectivity index is 1.65. The summed E-state index contributed by atoms with van der Waals surface area (Å²) in [5.41, 5.74) is 1.07. The molecule has 1 atom stereocenters. The number of sulfonamides is 1. The molecule has 1 fully saturated rings. The number of benzene rings is 1. The van der Waals surface area contributed by atoms with Crippen molar-refractivity contribution in [1.29, 1.82) is 0 Å². The van der Waals surface area contributed by atoms with Crippen LogP contribution in [0.15, 0.2) is 33.7 Å². The van der Waals surface area contributed by atoms with Gasteiger partial charge in [-0.25, -0.2) is 13.1 Å². The minimum absolute atomic E-state index is 0.0174. The van der Waals surface area contributed by atoms with Crippen molar-refractivity contribution < 1.29 is 17.7 Å². The Kier molecular flexibility index (Phi) is 4.79. The van der Waals surface area contributed by atoms with Crippen LogP contribution in [-0.4, -0.2) is 25.5 Å². The number of nitrogens with zero attached hydrogens (tertiary/aromatic N) is 1. The van der Waals surface area contributed by atoms with E-state index < -0.39 is 15.4 Å². The number of fused-ring (bicyclic) bond motifs is 1. The van der Waals surface area contributed by atoms with Gasteiger partial charge in [0.15, 0.2) is 0 Å². The molecule has 7 nitrogen and oxygen atoms in total. The van der Waals surface area contributed by atoms with E-state index in [0.29, 0.717) is 29.1 Å². The average molecular weight is 404 g/mol. The number of anilines is 1. The van der Waals surface area contributed by atoms with Gasteiger partial charge in [0.1, 0.15) is 5.76 Å². The van der Waals surface area contributed by atoms with Crippen LogP contribution in [0.1, 0.15) is 56.0 Å². The van der Waals surface area contributed by atoms with E-state index in [1.54, 1.807) is 31.2 Å². The summed E-state index contributed by atoms with van der Waals surface area (Å²) in [6.07, 6.45) is 5.32. The molecule has 8 heteroatoms. The van der Waals surface area contributed by atoms with Gasteiger partial charge in [0, 0.05) is 24.2 Å². The molecule has 28 heavy (non-hydrogen) atoms. The first-order valence-corrected chi connectivity index (χ1v) is 11.2. The predicted molar refractivity (Wildman–Crippen MR) is 105 cm³/mol. The number of hydrogen-bond donors (Lipinski definition) is 2. The Hall–Kier alpha value is -2.19. The number of hydrogen-bond acceptors (Lipinski definition) is 5. The molecule has 0 saturated heterocycles. The highest BCUT2D eigenvalue weighted by molar-refractivity contribution is 7.89. The highest BCUT2D eigenvalue weighted by Crippen LogP contribution is 2.41. The zero-order chi connectivity index (χ0) is 19.9. The van der Waals surface area contributed by atoms with Gasteiger partial charge in [-0.2, -0.15) is 0 Å². The molecular weight excluding hydrogens is 378 g/mol. The Bertz CT molecular complexity index is 1010. The predicted octanol–water partition coefficient (Wildman–Crippen LogP) is 3.05. The van der Waals surface area contributed by atoms with Gasteiger partial charge in [-0.05, 0) is 50.5 Å². The first kappa shape index (κ1) is 19.1. The van der Waals surface area contributed by atoms with Crippen LogP contribution >= 0.6 is 0 Å². The van der Waals surface area contributed by atoms with Gasteiger partial charge in [-0.3, -0.25) is 4.79 Å². The number of aromatic nitrogens is 1. The van der Waals surface area contributed by atoms with Gasteiger partial charge < -0.3 is 9.84 Å². The first-order chi connectivity index (χ1) is 13.3. The number of amides is 1. The van der Waals surface area contributed by atoms with Crippen molar-refractivity contribution in [3.8, 4) is 0 Å². The second-order valence-electron chi connectivity index (χ2n) is 8.06. The van der Waals surface area contributed by atoms with Crippen LogP contribution in [0.25, 0.3) is 0 Å². The van der Waals surface area contributed by atoms with Crippen molar-refractivity contribution in [2.45, 2.75) is 68.7 Å². The molecule has 1 aromatic carbocycles. The van der Waals surface area contributed by atoms with E-state index in [1.807, 2.05) is 6.92 Å². The largest absolute Gasteiger partial charge is 0.361 e. The maximum absolute atomic E-state index is 12.9. The number of carbonyl (C=O) groups excluding carboxylic acids is 1. The molecule has 1 aliphatic heterocycles. The number of rotatable bonds is 5. The van der Waals surface area contributed by atoms with E-state index in [1.165, 1.54) is 0 Å². The quantitative estimate of drug-likeness (QED) is 0.799. The minimum atomic E-state index is -3.64. The summed E-state index contributed by atoms with van der Waals surface area (Å²) in [5, 5.41) is 6.86. The molecule has 4 rings (SSSR count). The molecule has 2 heterocycles. The summed E-state index contributed by atoms with van der Waals surface area (Å²) in [7, 11) is -3.64. The maximum atomic E-state index is 12.9. The van der Waals surface area contributed by atoms with E-state index in [0.717, 1.165) is 32.1 Å². The molecular formula is C20H25N3O4S. The number of aryl methyl sites for hydroxylation is 1. The lowest BCUT2D eigenvalue weighted by Crippen LogP contribution is -2.36. The van der Waals surface area contributed by atoms with Crippen molar-refractivity contribution in [3.63, 3.8) is 0 Å². The number of carbonyl (C=O) groups is 1. The molecule has 0 spiro atoms. The zero-order valence-electron chi connectivity index (χ0n) is 16.1. The standard InChI is InChI=1S/C20H25N3O4S/c1-13-10-15(22-27-13)12-20(2)17-11-16(8-9-18(17)21-19(20)24)28(25,26)23-14-6-4-3-5-7-14/h8-11,14,23H,3-7,12H2,1-2H3,(H,21,24). The molecule has 1 aromatic heterocycles. The van der Waals surface area contributed by atoms with Crippen LogP contribution < -0.4 is 10.0 Å². The van der Waals surface area contributed by atoms with Crippen LogP contribution in [0, 0.1) is 6.92 Å². The molecule has 1 saturated carbocycles. The summed E-state index contributed by atoms with van der Waals surface area (Å²) in [5.74, 6) is 0.503. The second kappa shape index (κ2) is 7.00. The Labute approximate surface area is 164 Å². The van der Waals surface area contributed by atoms with Crippen molar-refractivity contribution in [2.75, 3.05) is 5.32 Å². The third kappa shape index (κ3) is 3.46. The summed E-state index contributed by atoms with van der Waals surface area (Å²) in [6.45, 7) is 3.60. The third-order valence-electron chi connectivity index (χ3n) is 5.78. The van der Waals surface area contributed by atoms with Crippen LogP contribution in [0.4, 0.5) is 5.69 Å². The van der Waals surface area contributed by atoms with Crippen LogP contribution in [0.2, 0.25) is 0 Å². The summed E-state index contributed by atoms with van der Waals surface area (Å²) in [6, 6.07) is 6.61. The van der Waals surface area contributed by atoms with Gasteiger partial charge in [-0.15, -0.1) is 0 Å². The molecule has 1 unspecified atom stereocenters. The lowest BCUT2D eigenvalue weighted by molar-refractivity contribution is -0.120. The Morgan fingerprint density at radius 1 is 1.25 bits per heavy atom. The normalized spacial score (nSPS) is 22.9. The van der Waals surface area contributed by atoms with Gasteiger partial charge in [0.05, 0.1) is 16.0 Å². The topological polar surface area (TPSA) is 101 Å². The van der Waals surface area contributed by atoms with Gasteiger partial charge >= 0.3 is 0 Å². The summed E-state index contributed by atoms with van der Waals surface area (Å²) >= 11 is 0. The SMILES string of the molecule is Cc1cc(CC2(C)C(=O)Nc3ccc(S(=O)(=O)NC4CCCCC4)cc32)no1. The molecule has 0 radical (unpaired) electrons. The van der Waals surface area contributed by atoms with Crippen LogP contribution in [0.3, 0.4) is 0 Å². The molecule has 2 aromatic rings. The van der Waals surface area contributed by atoms with E-state index in [4.69, 9.17) is 4.52 Å². The lowest BCUT2D eigenvalue weighted by atomic mass is 9.79. The fourth-order valence-electron chi connectivity index (χ4n) is 4.19. The summed E-state index contributed by atoms with van der Waals surface area (Å²) in [4.78, 5) is 12.9. The molecule has 1 amide bonds. The molecule has 0 bridgehead atoms. The molecule has 1 aliphatic carbocycles. The Morgan fingerprint density at radius 2 is 2.00 bits per heavy atom. The van der Waals surface area contributed by atoms with Crippen molar-refractivity contribution in [3.05, 3.63) is 41.3 Å². The second-order valence-corrected chi connectivity index (χ2v) is 9.77. The first-order valence-electron chi connectivity index (χ1n) is 9.68. The van der Waals surface area contributed by atoms with Gasteiger partial charge in [0.2, 0.25) is 15.9 Å². The maximum Gasteiger partial charge on any atom is 0.240 e. The van der Waals surface area contributed by atoms with Gasteiger partial charge in [-0.1, -0.05) is 24.4 Å². The Morgan fingerprint density at radius 3 is 2.68 bits per heavy atom. The van der Waals surface area contributed by atoms with Crippen molar-refractivity contribution in [1.82, 2.24) is 9.88 Å². The van der Waals surface area contributed by atoms with E-state index in [9.17, 15) is 13.2 Å². The highest BCUT2D eigenvalue weighted by Gasteiger charge is 2.44. The van der Waals surface area contributed by atoms with E-state index in [2.05, 4.69) is 15.2 Å². The zero-order valence-corrected chi connectivity index (χ0v) is 16.9. The van der Waals surface area contributed by atoms with Crippen LogP contribution in [0.5, 0.6) is 0 Å². The minimum Gasteiger partial charge on any atom is -0.361 e. The van der Waals surface area contributed by atoms with E-state index in [-0.39, 0.29) is 16.8 Å². The fraction of sp³-hybridized carbons (Fsp3) is 0.500. The fourth-order valence-corrected chi connectivity index (χ4v) is 5.52. The lowest BCUT2D eigenvalue weighted by Gasteiger charge is -2.24. The van der Waals surface area contributed by atoms with Gasteiger partial charge in [0.25, 0.3) is 0 Å². The monoisotopic (exact) mass is 403 g/mol. The average Bonchev–Trinajstić information content (AvgIpc) is 3.16. The van der Waals surface area contributed by atoms with Crippen molar-refractivity contribution in [2.24, 2.45) is 0 Å². The van der Waals surface area contributed by atoms with Crippen LogP contribution in [-0.2, 0) is 26.7 Å². The van der Waals surface area contributed by atoms with Crippen molar-refractivity contribution >= 4 is 21.6 Å². The highest BCUT2D eigenvalue weighted by atomic mass is 32.2. The third-order valence-corrected chi connectivity index (χ3v) is 7.30. The molecule has 2 aliphatic rings. The molecule has 2 N–H and O–H groups in total. The number of nitrogens with one attached hydrogen (secondary N) is 2. The molecule has 150 valence electrons.